The highest BCUT2D eigenvalue weighted by molar-refractivity contribution is 5.78. The number of hydrogen-bond donors (Lipinski definition) is 2. The van der Waals surface area contributed by atoms with Crippen LogP contribution in [0.1, 0.15) is 30.0 Å². The van der Waals surface area contributed by atoms with E-state index in [1.807, 2.05) is 25.1 Å². The zero-order chi connectivity index (χ0) is 18.5. The number of amides is 1. The van der Waals surface area contributed by atoms with Gasteiger partial charge in [-0.25, -0.2) is 4.39 Å². The number of nitrogens with one attached hydrogen (secondary N) is 1. The van der Waals surface area contributed by atoms with Gasteiger partial charge < -0.3 is 11.1 Å². The van der Waals surface area contributed by atoms with Crippen LogP contribution in [0.3, 0.4) is 0 Å². The van der Waals surface area contributed by atoms with Crippen LogP contribution in [0.4, 0.5) is 4.39 Å². The molecule has 3 rings (SSSR count). The molecule has 1 fully saturated rings. The molecule has 5 heteroatoms. The summed E-state index contributed by atoms with van der Waals surface area (Å²) in [6, 6.07) is 16.4. The van der Waals surface area contributed by atoms with Crippen molar-refractivity contribution in [3.63, 3.8) is 0 Å². The SMILES string of the molecule is CC(NC(=O)CN1C[C@@H](CN)[C@H](c2ccccc2)C1)c1ccc(F)cc1. The quantitative estimate of drug-likeness (QED) is 0.838. The lowest BCUT2D eigenvalue weighted by Crippen LogP contribution is -2.37. The second-order valence-corrected chi connectivity index (χ2v) is 7.05. The minimum atomic E-state index is -0.274. The third-order valence-corrected chi connectivity index (χ3v) is 5.16. The van der Waals surface area contributed by atoms with Gasteiger partial charge in [-0.2, -0.15) is 0 Å². The Morgan fingerprint density at radius 3 is 2.54 bits per heavy atom. The summed E-state index contributed by atoms with van der Waals surface area (Å²) in [4.78, 5) is 14.6. The lowest BCUT2D eigenvalue weighted by atomic mass is 9.89. The predicted molar refractivity (Wildman–Crippen MR) is 101 cm³/mol. The zero-order valence-corrected chi connectivity index (χ0v) is 15.1. The van der Waals surface area contributed by atoms with E-state index in [2.05, 4.69) is 22.3 Å². The zero-order valence-electron chi connectivity index (χ0n) is 15.1. The van der Waals surface area contributed by atoms with Crippen molar-refractivity contribution in [1.29, 1.82) is 0 Å². The molecular weight excluding hydrogens is 329 g/mol. The Labute approximate surface area is 154 Å². The van der Waals surface area contributed by atoms with Crippen molar-refractivity contribution in [2.24, 2.45) is 11.7 Å². The number of carbonyl (C=O) groups excluding carboxylic acids is 1. The number of nitrogens with zero attached hydrogens (tertiary/aromatic N) is 1. The Kier molecular flexibility index (Phi) is 6.01. The summed E-state index contributed by atoms with van der Waals surface area (Å²) in [5.74, 6) is 0.429. The second kappa shape index (κ2) is 8.43. The number of benzene rings is 2. The Morgan fingerprint density at radius 1 is 1.19 bits per heavy atom. The molecule has 1 aliphatic heterocycles. The lowest BCUT2D eigenvalue weighted by Gasteiger charge is -2.19. The molecule has 0 bridgehead atoms. The first kappa shape index (κ1) is 18.5. The van der Waals surface area contributed by atoms with Crippen LogP contribution in [-0.2, 0) is 4.79 Å². The van der Waals surface area contributed by atoms with Crippen molar-refractivity contribution >= 4 is 5.91 Å². The number of halogens is 1. The number of nitrogens with two attached hydrogens (primary N) is 1. The molecule has 0 spiro atoms. The van der Waals surface area contributed by atoms with Crippen molar-refractivity contribution in [3.05, 3.63) is 71.5 Å². The minimum absolute atomic E-state index is 0.0219. The molecule has 1 aliphatic rings. The average Bonchev–Trinajstić information content (AvgIpc) is 3.05. The predicted octanol–water partition coefficient (Wildman–Crippen LogP) is 2.68. The summed E-state index contributed by atoms with van der Waals surface area (Å²) in [5, 5.41) is 3.00. The molecule has 1 unspecified atom stereocenters. The molecule has 0 aliphatic carbocycles. The smallest absolute Gasteiger partial charge is 0.234 e. The molecule has 1 heterocycles. The van der Waals surface area contributed by atoms with Gasteiger partial charge in [0.15, 0.2) is 0 Å². The van der Waals surface area contributed by atoms with Crippen LogP contribution < -0.4 is 11.1 Å². The van der Waals surface area contributed by atoms with Crippen molar-refractivity contribution in [3.8, 4) is 0 Å². The van der Waals surface area contributed by atoms with E-state index in [0.717, 1.165) is 18.7 Å². The van der Waals surface area contributed by atoms with Gasteiger partial charge in [-0.1, -0.05) is 42.5 Å². The van der Waals surface area contributed by atoms with Gasteiger partial charge in [0.1, 0.15) is 5.82 Å². The number of rotatable bonds is 6. The third kappa shape index (κ3) is 4.48. The van der Waals surface area contributed by atoms with Gasteiger partial charge in [-0.15, -0.1) is 0 Å². The molecule has 0 radical (unpaired) electrons. The fraction of sp³-hybridized carbons (Fsp3) is 0.381. The maximum absolute atomic E-state index is 13.0. The van der Waals surface area contributed by atoms with E-state index < -0.39 is 0 Å². The molecule has 1 saturated heterocycles. The molecule has 2 aromatic rings. The van der Waals surface area contributed by atoms with Crippen LogP contribution in [0.15, 0.2) is 54.6 Å². The summed E-state index contributed by atoms with van der Waals surface area (Å²) in [7, 11) is 0. The first-order chi connectivity index (χ1) is 12.6. The standard InChI is InChI=1S/C21H26FN3O/c1-15(16-7-9-19(22)10-8-16)24-21(26)14-25-12-18(11-23)20(13-25)17-5-3-2-4-6-17/h2-10,15,18,20H,11-14,23H2,1H3,(H,24,26)/t15?,18-,20+/m1/s1. The molecular formula is C21H26FN3O. The highest BCUT2D eigenvalue weighted by Gasteiger charge is 2.33. The van der Waals surface area contributed by atoms with Gasteiger partial charge >= 0.3 is 0 Å². The van der Waals surface area contributed by atoms with Gasteiger partial charge in [0, 0.05) is 19.0 Å². The maximum Gasteiger partial charge on any atom is 0.234 e. The fourth-order valence-corrected chi connectivity index (χ4v) is 3.73. The van der Waals surface area contributed by atoms with Gasteiger partial charge in [-0.05, 0) is 42.6 Å². The summed E-state index contributed by atoms with van der Waals surface area (Å²) >= 11 is 0. The van der Waals surface area contributed by atoms with Crippen molar-refractivity contribution < 1.29 is 9.18 Å². The van der Waals surface area contributed by atoms with Crippen LogP contribution >= 0.6 is 0 Å². The third-order valence-electron chi connectivity index (χ3n) is 5.16. The second-order valence-electron chi connectivity index (χ2n) is 7.05. The van der Waals surface area contributed by atoms with Crippen molar-refractivity contribution in [1.82, 2.24) is 10.2 Å². The first-order valence-corrected chi connectivity index (χ1v) is 9.09. The van der Waals surface area contributed by atoms with E-state index in [-0.39, 0.29) is 17.8 Å². The average molecular weight is 355 g/mol. The van der Waals surface area contributed by atoms with E-state index >= 15 is 0 Å². The summed E-state index contributed by atoms with van der Waals surface area (Å²) in [6.45, 7) is 4.54. The molecule has 2 aromatic carbocycles. The Bertz CT molecular complexity index is 720. The number of carbonyl (C=O) groups is 1. The first-order valence-electron chi connectivity index (χ1n) is 9.09. The highest BCUT2D eigenvalue weighted by Crippen LogP contribution is 2.31. The van der Waals surface area contributed by atoms with E-state index in [4.69, 9.17) is 5.73 Å². The molecule has 3 atom stereocenters. The van der Waals surface area contributed by atoms with Crippen molar-refractivity contribution in [2.75, 3.05) is 26.2 Å². The molecule has 1 amide bonds. The van der Waals surface area contributed by atoms with Gasteiger partial charge in [0.05, 0.1) is 12.6 Å². The lowest BCUT2D eigenvalue weighted by molar-refractivity contribution is -0.122. The van der Waals surface area contributed by atoms with E-state index in [1.165, 1.54) is 17.7 Å². The fourth-order valence-electron chi connectivity index (χ4n) is 3.73. The number of likely N-dealkylation sites (tertiary alicyclic amines) is 1. The summed E-state index contributed by atoms with van der Waals surface area (Å²) in [6.07, 6.45) is 0. The van der Waals surface area contributed by atoms with Gasteiger partial charge in [-0.3, -0.25) is 9.69 Å². The molecule has 3 N–H and O–H groups in total. The topological polar surface area (TPSA) is 58.4 Å². The van der Waals surface area contributed by atoms with Crippen LogP contribution in [0.5, 0.6) is 0 Å². The Morgan fingerprint density at radius 2 is 1.88 bits per heavy atom. The Balaban J connectivity index is 1.57. The van der Waals surface area contributed by atoms with E-state index in [1.54, 1.807) is 12.1 Å². The normalized spacial score (nSPS) is 21.5. The molecule has 4 nitrogen and oxygen atoms in total. The summed E-state index contributed by atoms with van der Waals surface area (Å²) < 4.78 is 13.0. The minimum Gasteiger partial charge on any atom is -0.348 e. The number of hydrogen-bond acceptors (Lipinski definition) is 3. The molecule has 26 heavy (non-hydrogen) atoms. The monoisotopic (exact) mass is 355 g/mol. The van der Waals surface area contributed by atoms with Crippen LogP contribution in [0.2, 0.25) is 0 Å². The highest BCUT2D eigenvalue weighted by atomic mass is 19.1. The van der Waals surface area contributed by atoms with Crippen LogP contribution in [0, 0.1) is 11.7 Å². The Hall–Kier alpha value is -2.24. The van der Waals surface area contributed by atoms with Crippen LogP contribution in [-0.4, -0.2) is 37.0 Å². The largest absolute Gasteiger partial charge is 0.348 e. The molecule has 0 aromatic heterocycles. The molecule has 138 valence electrons. The molecule has 0 saturated carbocycles. The van der Waals surface area contributed by atoms with Gasteiger partial charge in [0.25, 0.3) is 0 Å². The van der Waals surface area contributed by atoms with Gasteiger partial charge in [0.2, 0.25) is 5.91 Å². The van der Waals surface area contributed by atoms with Crippen LogP contribution in [0.25, 0.3) is 0 Å². The van der Waals surface area contributed by atoms with E-state index in [0.29, 0.717) is 24.9 Å². The summed E-state index contributed by atoms with van der Waals surface area (Å²) in [5.41, 5.74) is 8.14. The van der Waals surface area contributed by atoms with Crippen molar-refractivity contribution in [2.45, 2.75) is 18.9 Å². The maximum atomic E-state index is 13.0. The van der Waals surface area contributed by atoms with E-state index in [9.17, 15) is 9.18 Å².